The van der Waals surface area contributed by atoms with Gasteiger partial charge in [-0.1, -0.05) is 6.92 Å². The van der Waals surface area contributed by atoms with Crippen molar-refractivity contribution >= 4 is 10.9 Å². The highest BCUT2D eigenvalue weighted by Crippen LogP contribution is 2.20. The second-order valence-corrected chi connectivity index (χ2v) is 2.89. The molecule has 0 unspecified atom stereocenters. The van der Waals surface area contributed by atoms with E-state index in [0.717, 1.165) is 22.9 Å². The van der Waals surface area contributed by atoms with Gasteiger partial charge >= 0.3 is 0 Å². The highest BCUT2D eigenvalue weighted by Gasteiger charge is 2.02. The van der Waals surface area contributed by atoms with E-state index in [4.69, 9.17) is 0 Å². The highest BCUT2D eigenvalue weighted by molar-refractivity contribution is 5.78. The first-order valence-electron chi connectivity index (χ1n) is 4.24. The predicted octanol–water partition coefficient (Wildman–Crippen LogP) is 1.90. The van der Waals surface area contributed by atoms with Gasteiger partial charge in [0.25, 0.3) is 0 Å². The molecule has 2 heterocycles. The molecule has 0 saturated heterocycles. The summed E-state index contributed by atoms with van der Waals surface area (Å²) in [6, 6.07) is 3.71. The third kappa shape index (κ3) is 1.33. The third-order valence-corrected chi connectivity index (χ3v) is 2.05. The normalized spacial score (nSPS) is 10.5. The van der Waals surface area contributed by atoms with Crippen LogP contribution in [0.5, 0.6) is 5.88 Å². The molecule has 0 aliphatic heterocycles. The molecule has 0 fully saturated rings. The number of aryl methyl sites for hydroxylation is 1. The Labute approximate surface area is 76.1 Å². The molecule has 2 aromatic rings. The van der Waals surface area contributed by atoms with E-state index in [-0.39, 0.29) is 5.88 Å². The lowest BCUT2D eigenvalue weighted by atomic mass is 10.1. The molecule has 0 bridgehead atoms. The van der Waals surface area contributed by atoms with Crippen molar-refractivity contribution in [3.8, 4) is 5.88 Å². The molecule has 0 aromatic carbocycles. The summed E-state index contributed by atoms with van der Waals surface area (Å²) in [5, 5.41) is 10.4. The van der Waals surface area contributed by atoms with E-state index < -0.39 is 0 Å². The van der Waals surface area contributed by atoms with Crippen molar-refractivity contribution in [1.82, 2.24) is 9.97 Å². The number of fused-ring (bicyclic) bond motifs is 1. The predicted molar refractivity (Wildman–Crippen MR) is 50.6 cm³/mol. The molecule has 0 saturated carbocycles. The van der Waals surface area contributed by atoms with Crippen LogP contribution in [0.3, 0.4) is 0 Å². The first-order chi connectivity index (χ1) is 6.31. The second-order valence-electron chi connectivity index (χ2n) is 2.89. The van der Waals surface area contributed by atoms with Gasteiger partial charge in [0.05, 0.1) is 5.52 Å². The Bertz CT molecular complexity index is 440. The van der Waals surface area contributed by atoms with E-state index in [1.807, 2.05) is 13.0 Å². The molecule has 3 heteroatoms. The molecule has 66 valence electrons. The number of pyridine rings is 2. The molecule has 0 aliphatic rings. The number of nitrogens with zero attached hydrogens (tertiary/aromatic N) is 2. The van der Waals surface area contributed by atoms with E-state index in [2.05, 4.69) is 9.97 Å². The molecule has 0 amide bonds. The van der Waals surface area contributed by atoms with E-state index in [1.54, 1.807) is 18.5 Å². The third-order valence-electron chi connectivity index (χ3n) is 2.05. The molecular formula is C10H10N2O. The maximum Gasteiger partial charge on any atom is 0.214 e. The van der Waals surface area contributed by atoms with Gasteiger partial charge in [0.2, 0.25) is 5.88 Å². The van der Waals surface area contributed by atoms with Crippen molar-refractivity contribution in [3.05, 3.63) is 30.1 Å². The molecule has 0 spiro atoms. The molecule has 1 N–H and O–H groups in total. The summed E-state index contributed by atoms with van der Waals surface area (Å²) >= 11 is 0. The number of rotatable bonds is 1. The molecule has 3 nitrogen and oxygen atoms in total. The fourth-order valence-electron chi connectivity index (χ4n) is 1.31. The van der Waals surface area contributed by atoms with Crippen molar-refractivity contribution in [2.75, 3.05) is 0 Å². The number of hydrogen-bond acceptors (Lipinski definition) is 3. The van der Waals surface area contributed by atoms with Gasteiger partial charge in [-0.15, -0.1) is 0 Å². The Balaban J connectivity index is 2.74. The lowest BCUT2D eigenvalue weighted by Gasteiger charge is -2.02. The summed E-state index contributed by atoms with van der Waals surface area (Å²) in [5.41, 5.74) is 1.64. The first kappa shape index (κ1) is 7.98. The number of hydrogen-bond donors (Lipinski definition) is 1. The van der Waals surface area contributed by atoms with Crippen LogP contribution in [0, 0.1) is 0 Å². The summed E-state index contributed by atoms with van der Waals surface area (Å²) in [7, 11) is 0. The van der Waals surface area contributed by atoms with Crippen LogP contribution in [0.2, 0.25) is 0 Å². The van der Waals surface area contributed by atoms with Crippen LogP contribution in [0.4, 0.5) is 0 Å². The molecule has 13 heavy (non-hydrogen) atoms. The van der Waals surface area contributed by atoms with E-state index in [9.17, 15) is 5.11 Å². The van der Waals surface area contributed by atoms with Gasteiger partial charge in [0, 0.05) is 23.3 Å². The van der Waals surface area contributed by atoms with Crippen molar-refractivity contribution in [2.24, 2.45) is 0 Å². The summed E-state index contributed by atoms with van der Waals surface area (Å²) in [4.78, 5) is 8.06. The van der Waals surface area contributed by atoms with Crippen molar-refractivity contribution in [1.29, 1.82) is 0 Å². The van der Waals surface area contributed by atoms with E-state index >= 15 is 0 Å². The SMILES string of the molecule is CCc1cc2cnccc2nc1O. The maximum absolute atomic E-state index is 9.48. The standard InChI is InChI=1S/C10H10N2O/c1-2-7-5-8-6-11-4-3-9(8)12-10(7)13/h3-6H,2H2,1H3,(H,12,13). The van der Waals surface area contributed by atoms with Gasteiger partial charge in [-0.25, -0.2) is 4.98 Å². The zero-order valence-electron chi connectivity index (χ0n) is 7.36. The topological polar surface area (TPSA) is 46.0 Å². The van der Waals surface area contributed by atoms with Gasteiger partial charge in [-0.3, -0.25) is 4.98 Å². The van der Waals surface area contributed by atoms with Gasteiger partial charge in [-0.2, -0.15) is 0 Å². The average molecular weight is 174 g/mol. The number of aromatic nitrogens is 2. The summed E-state index contributed by atoms with van der Waals surface area (Å²) in [6.07, 6.45) is 4.20. The van der Waals surface area contributed by atoms with Gasteiger partial charge in [0.15, 0.2) is 0 Å². The highest BCUT2D eigenvalue weighted by atomic mass is 16.3. The lowest BCUT2D eigenvalue weighted by Crippen LogP contribution is -1.87. The minimum absolute atomic E-state index is 0.126. The van der Waals surface area contributed by atoms with Crippen molar-refractivity contribution < 1.29 is 5.11 Å². The van der Waals surface area contributed by atoms with Crippen LogP contribution in [0.25, 0.3) is 10.9 Å². The first-order valence-corrected chi connectivity index (χ1v) is 4.24. The largest absolute Gasteiger partial charge is 0.493 e. The van der Waals surface area contributed by atoms with Crippen LogP contribution < -0.4 is 0 Å². The molecule has 0 radical (unpaired) electrons. The monoisotopic (exact) mass is 174 g/mol. The fraction of sp³-hybridized carbons (Fsp3) is 0.200. The summed E-state index contributed by atoms with van der Waals surface area (Å²) < 4.78 is 0. The van der Waals surface area contributed by atoms with Gasteiger partial charge in [0.1, 0.15) is 0 Å². The summed E-state index contributed by atoms with van der Waals surface area (Å²) in [6.45, 7) is 1.99. The molecular weight excluding hydrogens is 164 g/mol. The quantitative estimate of drug-likeness (QED) is 0.718. The zero-order chi connectivity index (χ0) is 9.26. The minimum atomic E-state index is 0.126. The Hall–Kier alpha value is -1.64. The van der Waals surface area contributed by atoms with Crippen LogP contribution in [-0.2, 0) is 6.42 Å². The summed E-state index contributed by atoms with van der Waals surface area (Å²) in [5.74, 6) is 0.126. The van der Waals surface area contributed by atoms with Crippen LogP contribution in [-0.4, -0.2) is 15.1 Å². The maximum atomic E-state index is 9.48. The smallest absolute Gasteiger partial charge is 0.214 e. The lowest BCUT2D eigenvalue weighted by molar-refractivity contribution is 0.449. The molecule has 2 aromatic heterocycles. The molecule has 0 aliphatic carbocycles. The zero-order valence-corrected chi connectivity index (χ0v) is 7.36. The van der Waals surface area contributed by atoms with Crippen molar-refractivity contribution in [3.63, 3.8) is 0 Å². The van der Waals surface area contributed by atoms with E-state index in [1.165, 1.54) is 0 Å². The Morgan fingerprint density at radius 1 is 1.46 bits per heavy atom. The molecule has 2 rings (SSSR count). The number of aromatic hydroxyl groups is 1. The Morgan fingerprint density at radius 2 is 2.31 bits per heavy atom. The van der Waals surface area contributed by atoms with E-state index in [0.29, 0.717) is 0 Å². The minimum Gasteiger partial charge on any atom is -0.493 e. The average Bonchev–Trinajstić information content (AvgIpc) is 2.17. The van der Waals surface area contributed by atoms with Gasteiger partial charge in [-0.05, 0) is 18.6 Å². The van der Waals surface area contributed by atoms with Crippen LogP contribution >= 0.6 is 0 Å². The Morgan fingerprint density at radius 3 is 3.08 bits per heavy atom. The fourth-order valence-corrected chi connectivity index (χ4v) is 1.31. The Kier molecular flexibility index (Phi) is 1.85. The van der Waals surface area contributed by atoms with Crippen LogP contribution in [0.15, 0.2) is 24.5 Å². The molecule has 0 atom stereocenters. The van der Waals surface area contributed by atoms with Crippen molar-refractivity contribution in [2.45, 2.75) is 13.3 Å². The van der Waals surface area contributed by atoms with Crippen LogP contribution in [0.1, 0.15) is 12.5 Å². The van der Waals surface area contributed by atoms with Gasteiger partial charge < -0.3 is 5.11 Å². The second kappa shape index (κ2) is 3.01.